The molecule has 100 valence electrons. The highest BCUT2D eigenvalue weighted by atomic mass is 16.5. The van der Waals surface area contributed by atoms with Gasteiger partial charge in [0.2, 0.25) is 0 Å². The van der Waals surface area contributed by atoms with Crippen LogP contribution in [0.2, 0.25) is 0 Å². The molecule has 2 N–H and O–H groups in total. The molecule has 6 heteroatoms. The summed E-state index contributed by atoms with van der Waals surface area (Å²) >= 11 is 0. The minimum absolute atomic E-state index is 0.279. The number of anilines is 1. The van der Waals surface area contributed by atoms with Gasteiger partial charge >= 0.3 is 5.97 Å². The summed E-state index contributed by atoms with van der Waals surface area (Å²) in [5, 5.41) is 5.24. The molecular formula is C14H12N4O2. The van der Waals surface area contributed by atoms with Crippen LogP contribution in [0.4, 0.5) is 5.69 Å². The topological polar surface area (TPSA) is 83.0 Å². The van der Waals surface area contributed by atoms with Crippen molar-refractivity contribution in [3.05, 3.63) is 48.3 Å². The van der Waals surface area contributed by atoms with Crippen molar-refractivity contribution >= 4 is 22.6 Å². The molecule has 0 saturated carbocycles. The van der Waals surface area contributed by atoms with E-state index in [1.807, 2.05) is 24.3 Å². The van der Waals surface area contributed by atoms with Crippen LogP contribution in [0, 0.1) is 0 Å². The van der Waals surface area contributed by atoms with Gasteiger partial charge in [0.05, 0.1) is 30.7 Å². The predicted octanol–water partition coefficient (Wildman–Crippen LogP) is 1.79. The van der Waals surface area contributed by atoms with Gasteiger partial charge in [0.25, 0.3) is 0 Å². The van der Waals surface area contributed by atoms with Crippen molar-refractivity contribution in [2.75, 3.05) is 12.8 Å². The maximum Gasteiger partial charge on any atom is 0.341 e. The summed E-state index contributed by atoms with van der Waals surface area (Å²) in [6.45, 7) is 0. The van der Waals surface area contributed by atoms with E-state index in [2.05, 4.69) is 10.1 Å². The molecule has 2 heterocycles. The van der Waals surface area contributed by atoms with E-state index in [4.69, 9.17) is 10.5 Å². The highest BCUT2D eigenvalue weighted by molar-refractivity contribution is 5.94. The van der Waals surface area contributed by atoms with Crippen molar-refractivity contribution in [1.82, 2.24) is 14.8 Å². The number of nitrogens with two attached hydrogens (primary N) is 1. The molecule has 2 aromatic heterocycles. The number of fused-ring (bicyclic) bond motifs is 1. The van der Waals surface area contributed by atoms with Crippen molar-refractivity contribution in [3.8, 4) is 5.82 Å². The third-order valence-electron chi connectivity index (χ3n) is 2.97. The number of pyridine rings is 1. The summed E-state index contributed by atoms with van der Waals surface area (Å²) in [6, 6.07) is 9.20. The number of hydrogen-bond acceptors (Lipinski definition) is 5. The van der Waals surface area contributed by atoms with E-state index in [-0.39, 0.29) is 5.56 Å². The number of nitrogens with zero attached hydrogens (tertiary/aromatic N) is 3. The molecule has 0 spiro atoms. The molecule has 0 aliphatic rings. The van der Waals surface area contributed by atoms with Gasteiger partial charge in [-0.25, -0.2) is 14.5 Å². The van der Waals surface area contributed by atoms with Crippen LogP contribution in [0.3, 0.4) is 0 Å². The molecule has 0 saturated heterocycles. The van der Waals surface area contributed by atoms with Gasteiger partial charge in [-0.2, -0.15) is 5.10 Å². The third kappa shape index (κ3) is 1.87. The molecule has 0 radical (unpaired) electrons. The second-order valence-electron chi connectivity index (χ2n) is 4.25. The molecule has 0 bridgehead atoms. The molecule has 20 heavy (non-hydrogen) atoms. The smallest absolute Gasteiger partial charge is 0.341 e. The van der Waals surface area contributed by atoms with Gasteiger partial charge < -0.3 is 10.5 Å². The Labute approximate surface area is 114 Å². The van der Waals surface area contributed by atoms with E-state index in [0.29, 0.717) is 11.5 Å². The number of rotatable bonds is 2. The fourth-order valence-corrected chi connectivity index (χ4v) is 2.04. The van der Waals surface area contributed by atoms with Gasteiger partial charge in [0.15, 0.2) is 5.82 Å². The first-order valence-electron chi connectivity index (χ1n) is 5.97. The minimum Gasteiger partial charge on any atom is -0.465 e. The number of aromatic nitrogens is 3. The first-order chi connectivity index (χ1) is 9.70. The van der Waals surface area contributed by atoms with Crippen molar-refractivity contribution in [3.63, 3.8) is 0 Å². The lowest BCUT2D eigenvalue weighted by Gasteiger charge is -2.08. The van der Waals surface area contributed by atoms with E-state index >= 15 is 0 Å². The first kappa shape index (κ1) is 12.2. The largest absolute Gasteiger partial charge is 0.465 e. The normalized spacial score (nSPS) is 10.7. The van der Waals surface area contributed by atoms with Crippen molar-refractivity contribution in [1.29, 1.82) is 0 Å². The number of carbonyl (C=O) groups excluding carboxylic acids is 1. The number of benzene rings is 1. The maximum absolute atomic E-state index is 11.9. The van der Waals surface area contributed by atoms with E-state index in [9.17, 15) is 4.79 Å². The molecule has 0 fully saturated rings. The SMILES string of the molecule is COC(=O)c1cc(N)cnc1-n1ncc2ccccc21. The van der Waals surface area contributed by atoms with E-state index in [1.54, 1.807) is 10.9 Å². The van der Waals surface area contributed by atoms with Gasteiger partial charge in [-0.15, -0.1) is 0 Å². The second kappa shape index (κ2) is 4.65. The van der Waals surface area contributed by atoms with Crippen molar-refractivity contribution < 1.29 is 9.53 Å². The van der Waals surface area contributed by atoms with Crippen molar-refractivity contribution in [2.45, 2.75) is 0 Å². The summed E-state index contributed by atoms with van der Waals surface area (Å²) < 4.78 is 6.36. The molecular weight excluding hydrogens is 256 g/mol. The first-order valence-corrected chi connectivity index (χ1v) is 5.97. The Kier molecular flexibility index (Phi) is 2.83. The summed E-state index contributed by atoms with van der Waals surface area (Å²) in [5.41, 5.74) is 7.22. The van der Waals surface area contributed by atoms with E-state index in [1.165, 1.54) is 19.4 Å². The Morgan fingerprint density at radius 3 is 2.90 bits per heavy atom. The lowest BCUT2D eigenvalue weighted by Crippen LogP contribution is -2.11. The monoisotopic (exact) mass is 268 g/mol. The minimum atomic E-state index is -0.501. The quantitative estimate of drug-likeness (QED) is 0.716. The molecule has 0 atom stereocenters. The summed E-state index contributed by atoms with van der Waals surface area (Å²) in [7, 11) is 1.32. The van der Waals surface area contributed by atoms with Crippen LogP contribution in [-0.4, -0.2) is 27.8 Å². The van der Waals surface area contributed by atoms with E-state index < -0.39 is 5.97 Å². The fraction of sp³-hybridized carbons (Fsp3) is 0.0714. The van der Waals surface area contributed by atoms with Gasteiger partial charge in [-0.05, 0) is 12.1 Å². The average molecular weight is 268 g/mol. The number of para-hydroxylation sites is 1. The van der Waals surface area contributed by atoms with Gasteiger partial charge in [0.1, 0.15) is 5.56 Å². The molecule has 3 rings (SSSR count). The highest BCUT2D eigenvalue weighted by Crippen LogP contribution is 2.21. The van der Waals surface area contributed by atoms with Crippen LogP contribution in [-0.2, 0) is 4.74 Å². The second-order valence-corrected chi connectivity index (χ2v) is 4.25. The highest BCUT2D eigenvalue weighted by Gasteiger charge is 2.17. The Balaban J connectivity index is 2.26. The molecule has 1 aromatic carbocycles. The van der Waals surface area contributed by atoms with Crippen LogP contribution in [0.25, 0.3) is 16.7 Å². The Hall–Kier alpha value is -2.89. The van der Waals surface area contributed by atoms with Crippen LogP contribution >= 0.6 is 0 Å². The Morgan fingerprint density at radius 1 is 1.30 bits per heavy atom. The molecule has 3 aromatic rings. The molecule has 0 aliphatic carbocycles. The number of carbonyl (C=O) groups is 1. The summed E-state index contributed by atoms with van der Waals surface area (Å²) in [5.74, 6) is -0.105. The van der Waals surface area contributed by atoms with Crippen LogP contribution in [0.1, 0.15) is 10.4 Å². The molecule has 0 aliphatic heterocycles. The lowest BCUT2D eigenvalue weighted by molar-refractivity contribution is 0.0600. The summed E-state index contributed by atoms with van der Waals surface area (Å²) in [6.07, 6.45) is 3.20. The van der Waals surface area contributed by atoms with Crippen molar-refractivity contribution in [2.24, 2.45) is 0 Å². The predicted molar refractivity (Wildman–Crippen MR) is 74.6 cm³/mol. The maximum atomic E-state index is 11.9. The fourth-order valence-electron chi connectivity index (χ4n) is 2.04. The van der Waals surface area contributed by atoms with Crippen LogP contribution in [0.15, 0.2) is 42.7 Å². The number of esters is 1. The zero-order valence-corrected chi connectivity index (χ0v) is 10.8. The van der Waals surface area contributed by atoms with Crippen LogP contribution < -0.4 is 5.73 Å². The Morgan fingerprint density at radius 2 is 2.10 bits per heavy atom. The zero-order chi connectivity index (χ0) is 14.1. The standard InChI is InChI=1S/C14H12N4O2/c1-20-14(19)11-6-10(15)8-16-13(11)18-12-5-3-2-4-9(12)7-17-18/h2-8H,15H2,1H3. The zero-order valence-electron chi connectivity index (χ0n) is 10.8. The van der Waals surface area contributed by atoms with E-state index in [0.717, 1.165) is 10.9 Å². The molecule has 0 amide bonds. The number of ether oxygens (including phenoxy) is 1. The average Bonchev–Trinajstić information content (AvgIpc) is 2.90. The Bertz CT molecular complexity index is 795. The van der Waals surface area contributed by atoms with Gasteiger partial charge in [-0.3, -0.25) is 0 Å². The van der Waals surface area contributed by atoms with Gasteiger partial charge in [0, 0.05) is 5.39 Å². The molecule has 0 unspecified atom stereocenters. The van der Waals surface area contributed by atoms with Crippen LogP contribution in [0.5, 0.6) is 0 Å². The number of hydrogen-bond donors (Lipinski definition) is 1. The third-order valence-corrected chi connectivity index (χ3v) is 2.97. The summed E-state index contributed by atoms with van der Waals surface area (Å²) in [4.78, 5) is 16.1. The number of methoxy groups -OCH3 is 1. The lowest BCUT2D eigenvalue weighted by atomic mass is 10.2. The number of nitrogen functional groups attached to an aromatic ring is 1. The van der Waals surface area contributed by atoms with Gasteiger partial charge in [-0.1, -0.05) is 18.2 Å². The molecule has 6 nitrogen and oxygen atoms in total.